The minimum Gasteiger partial charge on any atom is -0.325 e. The van der Waals surface area contributed by atoms with Crippen molar-refractivity contribution in [2.24, 2.45) is 5.11 Å². The van der Waals surface area contributed by atoms with Gasteiger partial charge >= 0.3 is 0 Å². The molecular formula is C16H13FN4O. The molecule has 1 heterocycles. The van der Waals surface area contributed by atoms with Gasteiger partial charge in [-0.3, -0.25) is 4.79 Å². The third-order valence-electron chi connectivity index (χ3n) is 3.82. The summed E-state index contributed by atoms with van der Waals surface area (Å²) in [6.07, 6.45) is 0.488. The molecule has 6 heteroatoms. The molecule has 2 aromatic rings. The van der Waals surface area contributed by atoms with Gasteiger partial charge in [0.25, 0.3) is 0 Å². The summed E-state index contributed by atoms with van der Waals surface area (Å²) in [7, 11) is 0. The fourth-order valence-corrected chi connectivity index (χ4v) is 2.77. The van der Waals surface area contributed by atoms with Crippen molar-refractivity contribution in [1.29, 1.82) is 0 Å². The number of hydrogen-bond donors (Lipinski definition) is 1. The highest BCUT2D eigenvalue weighted by atomic mass is 19.1. The predicted molar refractivity (Wildman–Crippen MR) is 80.9 cm³/mol. The van der Waals surface area contributed by atoms with Gasteiger partial charge in [-0.1, -0.05) is 41.5 Å². The third kappa shape index (κ3) is 2.64. The number of halogens is 1. The SMILES string of the molecule is [N-]=[N+]=N[C@@H]1C(=O)Nc2cc(F)ccc2C[C@@H]1c1ccccc1. The minimum atomic E-state index is -0.872. The Bertz CT molecular complexity index is 756. The number of rotatable bonds is 2. The van der Waals surface area contributed by atoms with Crippen LogP contribution in [0.15, 0.2) is 53.6 Å². The van der Waals surface area contributed by atoms with Crippen LogP contribution >= 0.6 is 0 Å². The highest BCUT2D eigenvalue weighted by Crippen LogP contribution is 2.33. The van der Waals surface area contributed by atoms with Crippen molar-refractivity contribution in [1.82, 2.24) is 0 Å². The lowest BCUT2D eigenvalue weighted by Gasteiger charge is -2.20. The number of nitrogens with one attached hydrogen (secondary N) is 1. The molecule has 0 fully saturated rings. The van der Waals surface area contributed by atoms with Crippen molar-refractivity contribution in [3.05, 3.63) is 75.9 Å². The maximum atomic E-state index is 13.4. The molecule has 0 aromatic heterocycles. The van der Waals surface area contributed by atoms with E-state index in [1.54, 1.807) is 6.07 Å². The second kappa shape index (κ2) is 5.87. The maximum Gasteiger partial charge on any atom is 0.234 e. The summed E-state index contributed by atoms with van der Waals surface area (Å²) in [5.41, 5.74) is 10.9. The van der Waals surface area contributed by atoms with Crippen LogP contribution in [0.5, 0.6) is 0 Å². The largest absolute Gasteiger partial charge is 0.325 e. The van der Waals surface area contributed by atoms with Crippen LogP contribution in [0.25, 0.3) is 10.4 Å². The molecule has 3 rings (SSSR count). The topological polar surface area (TPSA) is 77.9 Å². The summed E-state index contributed by atoms with van der Waals surface area (Å²) < 4.78 is 13.4. The monoisotopic (exact) mass is 296 g/mol. The Morgan fingerprint density at radius 3 is 2.73 bits per heavy atom. The molecule has 5 nitrogen and oxygen atoms in total. The Kier molecular flexibility index (Phi) is 3.76. The quantitative estimate of drug-likeness (QED) is 0.511. The van der Waals surface area contributed by atoms with Gasteiger partial charge in [-0.2, -0.15) is 0 Å². The van der Waals surface area contributed by atoms with E-state index < -0.39 is 17.8 Å². The van der Waals surface area contributed by atoms with Gasteiger partial charge in [-0.25, -0.2) is 4.39 Å². The van der Waals surface area contributed by atoms with E-state index in [9.17, 15) is 9.18 Å². The van der Waals surface area contributed by atoms with E-state index in [-0.39, 0.29) is 5.92 Å². The average Bonchev–Trinajstić information content (AvgIpc) is 2.65. The Morgan fingerprint density at radius 1 is 1.23 bits per heavy atom. The average molecular weight is 296 g/mol. The fraction of sp³-hybridized carbons (Fsp3) is 0.188. The molecule has 0 unspecified atom stereocenters. The van der Waals surface area contributed by atoms with Crippen LogP contribution in [-0.2, 0) is 11.2 Å². The van der Waals surface area contributed by atoms with E-state index in [0.717, 1.165) is 11.1 Å². The van der Waals surface area contributed by atoms with E-state index in [0.29, 0.717) is 12.1 Å². The van der Waals surface area contributed by atoms with E-state index in [1.807, 2.05) is 30.3 Å². The molecule has 1 amide bonds. The molecule has 1 aliphatic rings. The molecule has 2 atom stereocenters. The number of hydrogen-bond acceptors (Lipinski definition) is 2. The van der Waals surface area contributed by atoms with Gasteiger partial charge in [-0.15, -0.1) is 0 Å². The lowest BCUT2D eigenvalue weighted by Crippen LogP contribution is -2.30. The number of benzene rings is 2. The second-order valence-electron chi connectivity index (χ2n) is 5.16. The second-order valence-corrected chi connectivity index (χ2v) is 5.16. The number of anilines is 1. The van der Waals surface area contributed by atoms with Gasteiger partial charge in [0.2, 0.25) is 5.91 Å². The Labute approximate surface area is 126 Å². The predicted octanol–water partition coefficient (Wildman–Crippen LogP) is 3.78. The third-order valence-corrected chi connectivity index (χ3v) is 3.82. The maximum absolute atomic E-state index is 13.4. The first-order valence-electron chi connectivity index (χ1n) is 6.87. The zero-order valence-electron chi connectivity index (χ0n) is 11.6. The molecule has 0 saturated heterocycles. The molecule has 0 saturated carbocycles. The van der Waals surface area contributed by atoms with Gasteiger partial charge in [0.15, 0.2) is 0 Å². The first-order chi connectivity index (χ1) is 10.7. The van der Waals surface area contributed by atoms with Crippen molar-refractivity contribution >= 4 is 11.6 Å². The molecular weight excluding hydrogens is 283 g/mol. The molecule has 0 aliphatic carbocycles. The van der Waals surface area contributed by atoms with Gasteiger partial charge in [0.05, 0.1) is 0 Å². The molecule has 110 valence electrons. The Balaban J connectivity index is 2.10. The number of azide groups is 1. The van der Waals surface area contributed by atoms with Crippen molar-refractivity contribution in [2.45, 2.75) is 18.4 Å². The smallest absolute Gasteiger partial charge is 0.234 e. The standard InChI is InChI=1S/C16H13FN4O/c17-12-7-6-11-8-13(10-4-2-1-3-5-10)15(20-21-18)16(22)19-14(11)9-12/h1-7,9,13,15H,8H2,(H,19,22)/t13-,15+/m1/s1. The van der Waals surface area contributed by atoms with Crippen LogP contribution in [0.1, 0.15) is 17.0 Å². The van der Waals surface area contributed by atoms with E-state index in [1.165, 1.54) is 12.1 Å². The van der Waals surface area contributed by atoms with Crippen molar-refractivity contribution < 1.29 is 9.18 Å². The molecule has 0 radical (unpaired) electrons. The zero-order valence-corrected chi connectivity index (χ0v) is 11.6. The highest BCUT2D eigenvalue weighted by Gasteiger charge is 2.32. The molecule has 1 aliphatic heterocycles. The van der Waals surface area contributed by atoms with Crippen LogP contribution in [0.3, 0.4) is 0 Å². The van der Waals surface area contributed by atoms with Gasteiger partial charge < -0.3 is 5.32 Å². The number of amides is 1. The first kappa shape index (κ1) is 14.1. The number of carbonyl (C=O) groups is 1. The van der Waals surface area contributed by atoms with Crippen molar-refractivity contribution in [3.8, 4) is 0 Å². The summed E-state index contributed by atoms with van der Waals surface area (Å²) in [5.74, 6) is -1.13. The molecule has 2 aromatic carbocycles. The summed E-state index contributed by atoms with van der Waals surface area (Å²) >= 11 is 0. The van der Waals surface area contributed by atoms with Crippen LogP contribution in [-0.4, -0.2) is 11.9 Å². The summed E-state index contributed by atoms with van der Waals surface area (Å²) in [4.78, 5) is 15.2. The van der Waals surface area contributed by atoms with Crippen molar-refractivity contribution in [3.63, 3.8) is 0 Å². The summed E-state index contributed by atoms with van der Waals surface area (Å²) in [5, 5.41) is 6.32. The molecule has 0 spiro atoms. The van der Waals surface area contributed by atoms with E-state index in [4.69, 9.17) is 5.53 Å². The molecule has 22 heavy (non-hydrogen) atoms. The highest BCUT2D eigenvalue weighted by molar-refractivity contribution is 5.97. The number of fused-ring (bicyclic) bond motifs is 1. The van der Waals surface area contributed by atoms with Gasteiger partial charge in [0.1, 0.15) is 11.9 Å². The van der Waals surface area contributed by atoms with E-state index >= 15 is 0 Å². The first-order valence-corrected chi connectivity index (χ1v) is 6.87. The summed E-state index contributed by atoms with van der Waals surface area (Å²) in [6, 6.07) is 12.8. The van der Waals surface area contributed by atoms with Crippen LogP contribution in [0.4, 0.5) is 10.1 Å². The fourth-order valence-electron chi connectivity index (χ4n) is 2.77. The van der Waals surface area contributed by atoms with Crippen molar-refractivity contribution in [2.75, 3.05) is 5.32 Å². The molecule has 0 bridgehead atoms. The van der Waals surface area contributed by atoms with Crippen LogP contribution in [0, 0.1) is 5.82 Å². The zero-order chi connectivity index (χ0) is 15.5. The lowest BCUT2D eigenvalue weighted by molar-refractivity contribution is -0.117. The Hall–Kier alpha value is -2.85. The number of carbonyl (C=O) groups excluding carboxylic acids is 1. The van der Waals surface area contributed by atoms with E-state index in [2.05, 4.69) is 15.3 Å². The minimum absolute atomic E-state index is 0.288. The van der Waals surface area contributed by atoms with Gasteiger partial charge in [-0.05, 0) is 35.2 Å². The molecule has 1 N–H and O–H groups in total. The Morgan fingerprint density at radius 2 is 2.00 bits per heavy atom. The lowest BCUT2D eigenvalue weighted by atomic mass is 9.86. The van der Waals surface area contributed by atoms with Gasteiger partial charge in [0, 0.05) is 16.5 Å². The van der Waals surface area contributed by atoms with Crippen LogP contribution in [0.2, 0.25) is 0 Å². The van der Waals surface area contributed by atoms with Crippen LogP contribution < -0.4 is 5.32 Å². The summed E-state index contributed by atoms with van der Waals surface area (Å²) in [6.45, 7) is 0. The normalized spacial score (nSPS) is 20.3. The number of nitrogens with zero attached hydrogens (tertiary/aromatic N) is 3.